The van der Waals surface area contributed by atoms with Crippen molar-refractivity contribution in [3.05, 3.63) is 30.1 Å². The van der Waals surface area contributed by atoms with Crippen LogP contribution < -0.4 is 10.2 Å². The second kappa shape index (κ2) is 5.30. The van der Waals surface area contributed by atoms with Crippen LogP contribution >= 0.6 is 0 Å². The van der Waals surface area contributed by atoms with E-state index >= 15 is 0 Å². The molecule has 1 fully saturated rings. The van der Waals surface area contributed by atoms with Crippen LogP contribution in [0.4, 0.5) is 10.1 Å². The smallest absolute Gasteiger partial charge is 0.123 e. The molecule has 0 spiro atoms. The monoisotopic (exact) mass is 222 g/mol. The zero-order valence-corrected chi connectivity index (χ0v) is 9.75. The van der Waals surface area contributed by atoms with Crippen LogP contribution in [0.2, 0.25) is 0 Å². The van der Waals surface area contributed by atoms with E-state index in [1.165, 1.54) is 25.0 Å². The number of benzene rings is 1. The normalized spacial score (nSPS) is 20.0. The maximum Gasteiger partial charge on any atom is 0.123 e. The van der Waals surface area contributed by atoms with E-state index < -0.39 is 0 Å². The molecule has 0 amide bonds. The highest BCUT2D eigenvalue weighted by atomic mass is 19.1. The van der Waals surface area contributed by atoms with Gasteiger partial charge in [0.25, 0.3) is 0 Å². The van der Waals surface area contributed by atoms with Crippen molar-refractivity contribution in [3.8, 4) is 0 Å². The summed E-state index contributed by atoms with van der Waals surface area (Å²) >= 11 is 0. The van der Waals surface area contributed by atoms with E-state index in [-0.39, 0.29) is 5.82 Å². The van der Waals surface area contributed by atoms with Gasteiger partial charge in [0.2, 0.25) is 0 Å². The lowest BCUT2D eigenvalue weighted by atomic mass is 10.2. The molecule has 1 atom stereocenters. The molecule has 1 aromatic rings. The number of anilines is 1. The fourth-order valence-corrected chi connectivity index (χ4v) is 2.25. The molecule has 1 unspecified atom stereocenters. The van der Waals surface area contributed by atoms with Crippen LogP contribution in [0.1, 0.15) is 19.8 Å². The first kappa shape index (κ1) is 11.4. The fraction of sp³-hybridized carbons (Fsp3) is 0.538. The zero-order valence-electron chi connectivity index (χ0n) is 9.75. The lowest BCUT2D eigenvalue weighted by molar-refractivity contribution is 0.585. The molecule has 0 aromatic heterocycles. The van der Waals surface area contributed by atoms with Crippen molar-refractivity contribution in [1.29, 1.82) is 0 Å². The minimum absolute atomic E-state index is 0.168. The average Bonchev–Trinajstić information content (AvgIpc) is 2.80. The first-order valence-corrected chi connectivity index (χ1v) is 6.03. The quantitative estimate of drug-likeness (QED) is 0.841. The first-order valence-electron chi connectivity index (χ1n) is 6.03. The van der Waals surface area contributed by atoms with E-state index in [1.807, 2.05) is 12.1 Å². The summed E-state index contributed by atoms with van der Waals surface area (Å²) in [6.07, 6.45) is 2.52. The van der Waals surface area contributed by atoms with Gasteiger partial charge in [0.15, 0.2) is 0 Å². The molecule has 2 rings (SSSR count). The summed E-state index contributed by atoms with van der Waals surface area (Å²) in [6.45, 7) is 5.25. The molecule has 2 nitrogen and oxygen atoms in total. The molecule has 0 bridgehead atoms. The topological polar surface area (TPSA) is 15.3 Å². The van der Waals surface area contributed by atoms with Crippen LogP contribution in [0.15, 0.2) is 24.3 Å². The molecular formula is C13H19FN2. The highest BCUT2D eigenvalue weighted by Gasteiger charge is 2.17. The van der Waals surface area contributed by atoms with Gasteiger partial charge < -0.3 is 10.2 Å². The predicted octanol–water partition coefficient (Wildman–Crippen LogP) is 2.40. The minimum atomic E-state index is -0.168. The molecular weight excluding hydrogens is 203 g/mol. The molecule has 1 aliphatic rings. The lowest BCUT2D eigenvalue weighted by Gasteiger charge is -2.26. The van der Waals surface area contributed by atoms with Crippen molar-refractivity contribution >= 4 is 5.69 Å². The number of hydrogen-bond donors (Lipinski definition) is 1. The molecule has 1 heterocycles. The number of hydrogen-bond acceptors (Lipinski definition) is 2. The van der Waals surface area contributed by atoms with E-state index in [9.17, 15) is 4.39 Å². The van der Waals surface area contributed by atoms with Crippen LogP contribution in [-0.4, -0.2) is 25.7 Å². The maximum absolute atomic E-state index is 12.8. The third-order valence-electron chi connectivity index (χ3n) is 3.18. The van der Waals surface area contributed by atoms with E-state index in [0.717, 1.165) is 25.3 Å². The summed E-state index contributed by atoms with van der Waals surface area (Å²) in [7, 11) is 0. The Kier molecular flexibility index (Phi) is 3.78. The van der Waals surface area contributed by atoms with Crippen LogP contribution in [0.3, 0.4) is 0 Å². The van der Waals surface area contributed by atoms with E-state index in [1.54, 1.807) is 0 Å². The molecule has 0 aliphatic carbocycles. The minimum Gasteiger partial charge on any atom is -0.370 e. The van der Waals surface area contributed by atoms with Gasteiger partial charge >= 0.3 is 0 Å². The second-order valence-corrected chi connectivity index (χ2v) is 4.31. The summed E-state index contributed by atoms with van der Waals surface area (Å²) in [5, 5.41) is 3.49. The van der Waals surface area contributed by atoms with Crippen molar-refractivity contribution in [2.24, 2.45) is 0 Å². The molecule has 1 saturated heterocycles. The Morgan fingerprint density at radius 1 is 1.38 bits per heavy atom. The first-order chi connectivity index (χ1) is 7.79. The van der Waals surface area contributed by atoms with Gasteiger partial charge in [-0.2, -0.15) is 0 Å². The van der Waals surface area contributed by atoms with Crippen molar-refractivity contribution in [3.63, 3.8) is 0 Å². The molecule has 0 saturated carbocycles. The second-order valence-electron chi connectivity index (χ2n) is 4.31. The van der Waals surface area contributed by atoms with Crippen LogP contribution in [-0.2, 0) is 0 Å². The number of nitrogens with one attached hydrogen (secondary N) is 1. The Labute approximate surface area is 96.5 Å². The van der Waals surface area contributed by atoms with Crippen LogP contribution in [0.25, 0.3) is 0 Å². The van der Waals surface area contributed by atoms with Gasteiger partial charge in [0.05, 0.1) is 0 Å². The molecule has 16 heavy (non-hydrogen) atoms. The molecule has 88 valence electrons. The lowest BCUT2D eigenvalue weighted by Crippen LogP contribution is -2.37. The summed E-state index contributed by atoms with van der Waals surface area (Å²) in [6, 6.07) is 7.35. The zero-order chi connectivity index (χ0) is 11.4. The Morgan fingerprint density at radius 2 is 2.12 bits per heavy atom. The highest BCUT2D eigenvalue weighted by molar-refractivity contribution is 5.46. The van der Waals surface area contributed by atoms with E-state index in [2.05, 4.69) is 17.1 Å². The summed E-state index contributed by atoms with van der Waals surface area (Å²) < 4.78 is 12.8. The average molecular weight is 222 g/mol. The number of likely N-dealkylation sites (N-methyl/N-ethyl adjacent to an activating group) is 1. The predicted molar refractivity (Wildman–Crippen MR) is 65.3 cm³/mol. The Hall–Kier alpha value is -1.09. The SMILES string of the molecule is CCN(CC1CCCN1)c1ccc(F)cc1. The standard InChI is InChI=1S/C13H19FN2/c1-2-16(10-12-4-3-9-15-12)13-7-5-11(14)6-8-13/h5-8,12,15H,2-4,9-10H2,1H3. The van der Waals surface area contributed by atoms with E-state index in [0.29, 0.717) is 6.04 Å². The van der Waals surface area contributed by atoms with Gasteiger partial charge in [-0.25, -0.2) is 4.39 Å². The highest BCUT2D eigenvalue weighted by Crippen LogP contribution is 2.16. The fourth-order valence-electron chi connectivity index (χ4n) is 2.25. The number of nitrogens with zero attached hydrogens (tertiary/aromatic N) is 1. The van der Waals surface area contributed by atoms with Gasteiger partial charge in [-0.15, -0.1) is 0 Å². The molecule has 1 N–H and O–H groups in total. The Bertz CT molecular complexity index is 317. The molecule has 1 aromatic carbocycles. The van der Waals surface area contributed by atoms with Gasteiger partial charge in [0, 0.05) is 24.8 Å². The van der Waals surface area contributed by atoms with Crippen LogP contribution in [0.5, 0.6) is 0 Å². The van der Waals surface area contributed by atoms with Crippen molar-refractivity contribution in [2.75, 3.05) is 24.5 Å². The Balaban J connectivity index is 2.00. The summed E-state index contributed by atoms with van der Waals surface area (Å²) in [5.74, 6) is -0.168. The van der Waals surface area contributed by atoms with Gasteiger partial charge in [-0.1, -0.05) is 0 Å². The third kappa shape index (κ3) is 2.73. The summed E-state index contributed by atoms with van der Waals surface area (Å²) in [5.41, 5.74) is 1.11. The van der Waals surface area contributed by atoms with Crippen molar-refractivity contribution < 1.29 is 4.39 Å². The number of rotatable bonds is 4. The van der Waals surface area contributed by atoms with Crippen molar-refractivity contribution in [1.82, 2.24) is 5.32 Å². The largest absolute Gasteiger partial charge is 0.370 e. The van der Waals surface area contributed by atoms with Crippen molar-refractivity contribution in [2.45, 2.75) is 25.8 Å². The van der Waals surface area contributed by atoms with Crippen LogP contribution in [0, 0.1) is 5.82 Å². The molecule has 1 aliphatic heterocycles. The maximum atomic E-state index is 12.8. The third-order valence-corrected chi connectivity index (χ3v) is 3.18. The summed E-state index contributed by atoms with van der Waals surface area (Å²) in [4.78, 5) is 2.29. The molecule has 0 radical (unpaired) electrons. The van der Waals surface area contributed by atoms with E-state index in [4.69, 9.17) is 0 Å². The van der Waals surface area contributed by atoms with Gasteiger partial charge in [-0.3, -0.25) is 0 Å². The number of halogens is 1. The Morgan fingerprint density at radius 3 is 2.69 bits per heavy atom. The van der Waals surface area contributed by atoms with Gasteiger partial charge in [0.1, 0.15) is 5.82 Å². The van der Waals surface area contributed by atoms with Gasteiger partial charge in [-0.05, 0) is 50.6 Å². The molecule has 3 heteroatoms.